The quantitative estimate of drug-likeness (QED) is 0.710. The number of hydrogen-bond acceptors (Lipinski definition) is 2. The van der Waals surface area contributed by atoms with E-state index in [0.717, 1.165) is 38.0 Å². The monoisotopic (exact) mass is 218 g/mol. The van der Waals surface area contributed by atoms with Crippen LogP contribution in [0.1, 0.15) is 37.3 Å². The van der Waals surface area contributed by atoms with Crippen LogP contribution in [-0.2, 0) is 17.6 Å². The highest BCUT2D eigenvalue weighted by molar-refractivity contribution is 5.75. The number of unbranched alkanes of at least 4 members (excludes halogenated alkanes) is 1. The Bertz CT molecular complexity index is 382. The highest BCUT2D eigenvalue weighted by atomic mass is 16.5. The fraction of sp³-hybridized carbons (Fsp3) is 0.500. The zero-order chi connectivity index (χ0) is 11.4. The summed E-state index contributed by atoms with van der Waals surface area (Å²) in [5.41, 5.74) is 2.78. The molecule has 0 aliphatic carbocycles. The molecule has 0 saturated carbocycles. The number of carbonyl (C=O) groups excluding carboxylic acids is 1. The van der Waals surface area contributed by atoms with Gasteiger partial charge in [0.2, 0.25) is 0 Å². The molecule has 1 heterocycles. The summed E-state index contributed by atoms with van der Waals surface area (Å²) < 4.78 is 5.53. The standard InChI is InChI=1S/C14H18O2/c1-11(15)5-2-3-6-12-7-4-8-14-13(12)9-10-16-14/h4,7-8H,2-3,5-6,9-10H2,1H3. The van der Waals surface area contributed by atoms with Crippen LogP contribution < -0.4 is 4.74 Å². The van der Waals surface area contributed by atoms with Gasteiger partial charge in [0.05, 0.1) is 6.61 Å². The number of hydrogen-bond donors (Lipinski definition) is 0. The first kappa shape index (κ1) is 11.2. The summed E-state index contributed by atoms with van der Waals surface area (Å²) in [6.45, 7) is 2.48. The van der Waals surface area contributed by atoms with Gasteiger partial charge in [-0.15, -0.1) is 0 Å². The van der Waals surface area contributed by atoms with Crippen molar-refractivity contribution in [3.05, 3.63) is 29.3 Å². The van der Waals surface area contributed by atoms with Gasteiger partial charge < -0.3 is 9.53 Å². The molecule has 0 amide bonds. The lowest BCUT2D eigenvalue weighted by Gasteiger charge is -2.06. The van der Waals surface area contributed by atoms with E-state index in [4.69, 9.17) is 4.74 Å². The van der Waals surface area contributed by atoms with Gasteiger partial charge in [0.1, 0.15) is 11.5 Å². The topological polar surface area (TPSA) is 26.3 Å². The molecular weight excluding hydrogens is 200 g/mol. The van der Waals surface area contributed by atoms with Crippen molar-refractivity contribution in [1.29, 1.82) is 0 Å². The lowest BCUT2D eigenvalue weighted by molar-refractivity contribution is -0.117. The van der Waals surface area contributed by atoms with Crippen LogP contribution in [0.15, 0.2) is 18.2 Å². The van der Waals surface area contributed by atoms with E-state index in [0.29, 0.717) is 12.2 Å². The lowest BCUT2D eigenvalue weighted by atomic mass is 9.99. The highest BCUT2D eigenvalue weighted by Gasteiger charge is 2.14. The molecule has 0 aromatic heterocycles. The first-order valence-corrected chi connectivity index (χ1v) is 6.00. The van der Waals surface area contributed by atoms with E-state index < -0.39 is 0 Å². The summed E-state index contributed by atoms with van der Waals surface area (Å²) in [5.74, 6) is 1.35. The molecule has 0 fully saturated rings. The minimum Gasteiger partial charge on any atom is -0.493 e. The van der Waals surface area contributed by atoms with E-state index in [2.05, 4.69) is 12.1 Å². The van der Waals surface area contributed by atoms with Crippen LogP contribution in [0.3, 0.4) is 0 Å². The summed E-state index contributed by atoms with van der Waals surface area (Å²) in [7, 11) is 0. The molecule has 1 aliphatic heterocycles. The Kier molecular flexibility index (Phi) is 3.60. The van der Waals surface area contributed by atoms with Crippen molar-refractivity contribution in [2.75, 3.05) is 6.61 Å². The van der Waals surface area contributed by atoms with Crippen molar-refractivity contribution >= 4 is 5.78 Å². The molecule has 1 aliphatic rings. The Labute approximate surface area is 96.6 Å². The maximum atomic E-state index is 10.8. The second kappa shape index (κ2) is 5.15. The summed E-state index contributed by atoms with van der Waals surface area (Å²) in [4.78, 5) is 10.8. The Hall–Kier alpha value is -1.31. The zero-order valence-corrected chi connectivity index (χ0v) is 9.79. The fourth-order valence-electron chi connectivity index (χ4n) is 2.22. The second-order valence-corrected chi connectivity index (χ2v) is 4.40. The average Bonchev–Trinajstić information content (AvgIpc) is 2.72. The van der Waals surface area contributed by atoms with Crippen LogP contribution in [-0.4, -0.2) is 12.4 Å². The molecule has 0 spiro atoms. The van der Waals surface area contributed by atoms with Gasteiger partial charge in [0, 0.05) is 18.4 Å². The molecule has 2 heteroatoms. The predicted molar refractivity (Wildman–Crippen MR) is 63.9 cm³/mol. The Balaban J connectivity index is 1.90. The molecule has 0 atom stereocenters. The normalized spacial score (nSPS) is 13.3. The van der Waals surface area contributed by atoms with Crippen LogP contribution in [0.5, 0.6) is 5.75 Å². The van der Waals surface area contributed by atoms with Gasteiger partial charge in [0.15, 0.2) is 0 Å². The number of carbonyl (C=O) groups is 1. The number of Topliss-reactive ketones (excluding diaryl/α,β-unsaturated/α-hetero) is 1. The molecule has 0 N–H and O–H groups in total. The third-order valence-electron chi connectivity index (χ3n) is 3.06. The van der Waals surface area contributed by atoms with Gasteiger partial charge in [-0.05, 0) is 37.8 Å². The van der Waals surface area contributed by atoms with E-state index in [-0.39, 0.29) is 0 Å². The molecule has 2 nitrogen and oxygen atoms in total. The zero-order valence-electron chi connectivity index (χ0n) is 9.79. The van der Waals surface area contributed by atoms with Crippen LogP contribution in [0.2, 0.25) is 0 Å². The first-order chi connectivity index (χ1) is 7.77. The van der Waals surface area contributed by atoms with Crippen LogP contribution in [0, 0.1) is 0 Å². The predicted octanol–water partition coefficient (Wildman–Crippen LogP) is 2.92. The largest absolute Gasteiger partial charge is 0.493 e. The van der Waals surface area contributed by atoms with Crippen LogP contribution in [0.4, 0.5) is 0 Å². The summed E-state index contributed by atoms with van der Waals surface area (Å²) >= 11 is 0. The third-order valence-corrected chi connectivity index (χ3v) is 3.06. The van der Waals surface area contributed by atoms with E-state index >= 15 is 0 Å². The first-order valence-electron chi connectivity index (χ1n) is 6.00. The Morgan fingerprint density at radius 3 is 3.06 bits per heavy atom. The smallest absolute Gasteiger partial charge is 0.129 e. The molecule has 0 unspecified atom stereocenters. The molecule has 1 aromatic carbocycles. The molecular formula is C14H18O2. The number of fused-ring (bicyclic) bond motifs is 1. The number of aryl methyl sites for hydroxylation is 1. The molecule has 0 radical (unpaired) electrons. The summed E-state index contributed by atoms with van der Waals surface area (Å²) in [6.07, 6.45) is 4.92. The number of rotatable bonds is 5. The van der Waals surface area contributed by atoms with E-state index in [1.807, 2.05) is 6.07 Å². The molecule has 86 valence electrons. The van der Waals surface area contributed by atoms with Crippen molar-refractivity contribution in [2.24, 2.45) is 0 Å². The Morgan fingerprint density at radius 1 is 1.38 bits per heavy atom. The van der Waals surface area contributed by atoms with E-state index in [1.165, 1.54) is 11.1 Å². The van der Waals surface area contributed by atoms with E-state index in [1.54, 1.807) is 6.92 Å². The van der Waals surface area contributed by atoms with Gasteiger partial charge >= 0.3 is 0 Å². The summed E-state index contributed by atoms with van der Waals surface area (Å²) in [6, 6.07) is 6.28. The van der Waals surface area contributed by atoms with E-state index in [9.17, 15) is 4.79 Å². The van der Waals surface area contributed by atoms with Crippen LogP contribution in [0.25, 0.3) is 0 Å². The fourth-order valence-corrected chi connectivity index (χ4v) is 2.22. The van der Waals surface area contributed by atoms with Gasteiger partial charge in [-0.3, -0.25) is 0 Å². The highest BCUT2D eigenvalue weighted by Crippen LogP contribution is 2.28. The molecule has 0 bridgehead atoms. The molecule has 16 heavy (non-hydrogen) atoms. The lowest BCUT2D eigenvalue weighted by Crippen LogP contribution is -1.94. The van der Waals surface area contributed by atoms with Gasteiger partial charge in [-0.25, -0.2) is 0 Å². The second-order valence-electron chi connectivity index (χ2n) is 4.40. The van der Waals surface area contributed by atoms with Crippen molar-refractivity contribution in [3.8, 4) is 5.75 Å². The van der Waals surface area contributed by atoms with Crippen molar-refractivity contribution in [1.82, 2.24) is 0 Å². The van der Waals surface area contributed by atoms with Gasteiger partial charge in [-0.1, -0.05) is 12.1 Å². The number of ketones is 1. The SMILES string of the molecule is CC(=O)CCCCc1cccc2c1CCO2. The van der Waals surface area contributed by atoms with Gasteiger partial charge in [0.25, 0.3) is 0 Å². The van der Waals surface area contributed by atoms with Crippen molar-refractivity contribution < 1.29 is 9.53 Å². The average molecular weight is 218 g/mol. The van der Waals surface area contributed by atoms with Gasteiger partial charge in [-0.2, -0.15) is 0 Å². The maximum Gasteiger partial charge on any atom is 0.129 e. The molecule has 0 saturated heterocycles. The Morgan fingerprint density at radius 2 is 2.25 bits per heavy atom. The molecule has 2 rings (SSSR count). The molecule has 1 aromatic rings. The third kappa shape index (κ3) is 2.63. The minimum atomic E-state index is 0.293. The minimum absolute atomic E-state index is 0.293. The van der Waals surface area contributed by atoms with Crippen molar-refractivity contribution in [3.63, 3.8) is 0 Å². The number of ether oxygens (including phenoxy) is 1. The van der Waals surface area contributed by atoms with Crippen LogP contribution >= 0.6 is 0 Å². The number of benzene rings is 1. The maximum absolute atomic E-state index is 10.8. The van der Waals surface area contributed by atoms with Crippen molar-refractivity contribution in [2.45, 2.75) is 39.0 Å². The summed E-state index contributed by atoms with van der Waals surface area (Å²) in [5, 5.41) is 0.